The van der Waals surface area contributed by atoms with Crippen LogP contribution in [0, 0.1) is 0 Å². The van der Waals surface area contributed by atoms with Gasteiger partial charge in [0, 0.05) is 32.7 Å². The van der Waals surface area contributed by atoms with Crippen molar-refractivity contribution in [3.05, 3.63) is 0 Å². The maximum atomic E-state index is 10.6. The van der Waals surface area contributed by atoms with Gasteiger partial charge in [0.05, 0.1) is 6.10 Å². The lowest BCUT2D eigenvalue weighted by molar-refractivity contribution is -0.0188. The van der Waals surface area contributed by atoms with Gasteiger partial charge in [0.2, 0.25) is 0 Å². The molecule has 1 rings (SSSR count). The van der Waals surface area contributed by atoms with Crippen LogP contribution in [0.4, 0.5) is 0 Å². The zero-order chi connectivity index (χ0) is 13.1. The topological polar surface area (TPSA) is 101 Å². The van der Waals surface area contributed by atoms with Crippen LogP contribution in [0.15, 0.2) is 0 Å². The molecule has 8 heteroatoms. The molecular formula is C9H20N2O5S. The predicted octanol–water partition coefficient (Wildman–Crippen LogP) is -1.81. The molecule has 7 nitrogen and oxygen atoms in total. The summed E-state index contributed by atoms with van der Waals surface area (Å²) in [6.45, 7) is 4.59. The van der Waals surface area contributed by atoms with Gasteiger partial charge in [-0.15, -0.1) is 0 Å². The van der Waals surface area contributed by atoms with E-state index in [0.29, 0.717) is 26.2 Å². The second-order valence-corrected chi connectivity index (χ2v) is 5.87. The zero-order valence-electron chi connectivity index (χ0n) is 9.86. The number of piperazine rings is 1. The Morgan fingerprint density at radius 1 is 1.18 bits per heavy atom. The minimum Gasteiger partial charge on any atom is -0.391 e. The molecule has 1 fully saturated rings. The zero-order valence-corrected chi connectivity index (χ0v) is 10.7. The lowest BCUT2D eigenvalue weighted by Gasteiger charge is -2.36. The van der Waals surface area contributed by atoms with Crippen molar-refractivity contribution >= 4 is 10.1 Å². The van der Waals surface area contributed by atoms with Crippen LogP contribution in [0.1, 0.15) is 6.92 Å². The minimum absolute atomic E-state index is 0.216. The fraction of sp³-hybridized carbons (Fsp3) is 1.00. The minimum atomic E-state index is -4.13. The number of β-amino-alcohol motifs (C(OH)–C–C–N with tert-alkyl or cyclic N) is 1. The van der Waals surface area contributed by atoms with Gasteiger partial charge in [0.25, 0.3) is 10.1 Å². The van der Waals surface area contributed by atoms with Crippen molar-refractivity contribution in [2.45, 2.75) is 19.3 Å². The molecule has 1 aliphatic heterocycles. The van der Waals surface area contributed by atoms with E-state index >= 15 is 0 Å². The van der Waals surface area contributed by atoms with Crippen molar-refractivity contribution in [2.75, 3.05) is 38.5 Å². The van der Waals surface area contributed by atoms with Gasteiger partial charge in [-0.3, -0.25) is 14.4 Å². The lowest BCUT2D eigenvalue weighted by atomic mass is 10.2. The van der Waals surface area contributed by atoms with Crippen LogP contribution < -0.4 is 0 Å². The Morgan fingerprint density at radius 2 is 1.71 bits per heavy atom. The molecule has 102 valence electrons. The normalized spacial score (nSPS) is 23.5. The Bertz CT molecular complexity index is 324. The van der Waals surface area contributed by atoms with Gasteiger partial charge in [-0.25, -0.2) is 0 Å². The van der Waals surface area contributed by atoms with Crippen molar-refractivity contribution in [2.24, 2.45) is 0 Å². The maximum absolute atomic E-state index is 10.6. The first-order chi connectivity index (χ1) is 7.78. The third kappa shape index (κ3) is 5.75. The maximum Gasteiger partial charge on any atom is 0.267 e. The molecule has 0 aromatic carbocycles. The van der Waals surface area contributed by atoms with Crippen molar-refractivity contribution in [1.29, 1.82) is 0 Å². The summed E-state index contributed by atoms with van der Waals surface area (Å²) >= 11 is 0. The first-order valence-corrected chi connectivity index (χ1v) is 7.16. The molecule has 0 bridgehead atoms. The molecule has 0 radical (unpaired) electrons. The van der Waals surface area contributed by atoms with Gasteiger partial charge in [0.1, 0.15) is 12.0 Å². The van der Waals surface area contributed by atoms with Crippen molar-refractivity contribution in [3.8, 4) is 0 Å². The van der Waals surface area contributed by atoms with E-state index in [-0.39, 0.29) is 6.54 Å². The Labute approximate surface area is 101 Å². The number of hydrogen-bond acceptors (Lipinski definition) is 6. The van der Waals surface area contributed by atoms with E-state index in [9.17, 15) is 18.6 Å². The first kappa shape index (κ1) is 14.8. The SMILES string of the molecule is CC(O)N1CCN(CC(O)CS(=O)(=O)O)CC1. The highest BCUT2D eigenvalue weighted by Gasteiger charge is 2.23. The van der Waals surface area contributed by atoms with Gasteiger partial charge >= 0.3 is 0 Å². The third-order valence-electron chi connectivity index (χ3n) is 2.81. The number of rotatable bonds is 5. The van der Waals surface area contributed by atoms with Crippen LogP contribution in [-0.4, -0.2) is 83.8 Å². The highest BCUT2D eigenvalue weighted by molar-refractivity contribution is 7.85. The van der Waals surface area contributed by atoms with E-state index in [0.717, 1.165) is 0 Å². The molecule has 2 unspecified atom stereocenters. The second-order valence-electron chi connectivity index (χ2n) is 4.37. The van der Waals surface area contributed by atoms with Crippen LogP contribution in [0.2, 0.25) is 0 Å². The fourth-order valence-corrected chi connectivity index (χ4v) is 2.51. The molecule has 1 heterocycles. The molecule has 2 atom stereocenters. The van der Waals surface area contributed by atoms with Crippen LogP contribution in [0.3, 0.4) is 0 Å². The standard InChI is InChI=1S/C9H20N2O5S/c1-8(12)11-4-2-10(3-5-11)6-9(13)7-17(14,15)16/h8-9,12-13H,2-7H2,1H3,(H,14,15,16). The van der Waals surface area contributed by atoms with Crippen LogP contribution in [0.25, 0.3) is 0 Å². The molecule has 0 spiro atoms. The number of aliphatic hydroxyl groups is 2. The Hall–Kier alpha value is -0.250. The molecule has 0 aromatic rings. The molecule has 3 N–H and O–H groups in total. The molecule has 0 aromatic heterocycles. The predicted molar refractivity (Wildman–Crippen MR) is 62.1 cm³/mol. The van der Waals surface area contributed by atoms with Gasteiger partial charge in [-0.1, -0.05) is 0 Å². The van der Waals surface area contributed by atoms with Crippen molar-refractivity contribution in [1.82, 2.24) is 9.80 Å². The largest absolute Gasteiger partial charge is 0.391 e. The van der Waals surface area contributed by atoms with Crippen LogP contribution in [-0.2, 0) is 10.1 Å². The molecule has 0 aliphatic carbocycles. The molecule has 0 amide bonds. The molecule has 1 aliphatic rings. The van der Waals surface area contributed by atoms with E-state index in [1.807, 2.05) is 9.80 Å². The second kappa shape index (κ2) is 6.07. The molecule has 0 saturated carbocycles. The average Bonchev–Trinajstić information content (AvgIpc) is 2.15. The Kier molecular flexibility index (Phi) is 5.29. The summed E-state index contributed by atoms with van der Waals surface area (Å²) in [5, 5.41) is 18.8. The van der Waals surface area contributed by atoms with E-state index in [1.165, 1.54) is 0 Å². The Balaban J connectivity index is 2.31. The van der Waals surface area contributed by atoms with Gasteiger partial charge in [-0.05, 0) is 6.92 Å². The summed E-state index contributed by atoms with van der Waals surface area (Å²) in [6, 6.07) is 0. The third-order valence-corrected chi connectivity index (χ3v) is 3.61. The van der Waals surface area contributed by atoms with Crippen molar-refractivity contribution < 1.29 is 23.2 Å². The van der Waals surface area contributed by atoms with Gasteiger partial charge in [0.15, 0.2) is 0 Å². The fourth-order valence-electron chi connectivity index (χ4n) is 1.91. The summed E-state index contributed by atoms with van der Waals surface area (Å²) in [4.78, 5) is 3.81. The van der Waals surface area contributed by atoms with Gasteiger partial charge in [-0.2, -0.15) is 8.42 Å². The average molecular weight is 268 g/mol. The summed E-state index contributed by atoms with van der Waals surface area (Å²) in [6.07, 6.45) is -1.57. The first-order valence-electron chi connectivity index (χ1n) is 5.55. The summed E-state index contributed by atoms with van der Waals surface area (Å²) < 4.78 is 29.7. The number of aliphatic hydroxyl groups excluding tert-OH is 2. The highest BCUT2D eigenvalue weighted by atomic mass is 32.2. The van der Waals surface area contributed by atoms with Crippen LogP contribution in [0.5, 0.6) is 0 Å². The summed E-state index contributed by atoms with van der Waals surface area (Å²) in [5.74, 6) is -0.635. The van der Waals surface area contributed by atoms with E-state index in [4.69, 9.17) is 4.55 Å². The van der Waals surface area contributed by atoms with E-state index < -0.39 is 28.2 Å². The van der Waals surface area contributed by atoms with Gasteiger partial charge < -0.3 is 10.2 Å². The number of nitrogens with zero attached hydrogens (tertiary/aromatic N) is 2. The van der Waals surface area contributed by atoms with E-state index in [2.05, 4.69) is 0 Å². The number of hydrogen-bond donors (Lipinski definition) is 3. The van der Waals surface area contributed by atoms with Crippen LogP contribution >= 0.6 is 0 Å². The van der Waals surface area contributed by atoms with E-state index in [1.54, 1.807) is 6.92 Å². The molecule has 17 heavy (non-hydrogen) atoms. The monoisotopic (exact) mass is 268 g/mol. The molecular weight excluding hydrogens is 248 g/mol. The summed E-state index contributed by atoms with van der Waals surface area (Å²) in [5.41, 5.74) is 0. The Morgan fingerprint density at radius 3 is 2.12 bits per heavy atom. The highest BCUT2D eigenvalue weighted by Crippen LogP contribution is 2.05. The lowest BCUT2D eigenvalue weighted by Crippen LogP contribution is -2.51. The molecule has 1 saturated heterocycles. The summed E-state index contributed by atoms with van der Waals surface area (Å²) in [7, 11) is -4.13. The smallest absolute Gasteiger partial charge is 0.267 e. The van der Waals surface area contributed by atoms with Crippen molar-refractivity contribution in [3.63, 3.8) is 0 Å². The quantitative estimate of drug-likeness (QED) is 0.505.